The van der Waals surface area contributed by atoms with Crippen LogP contribution in [0.25, 0.3) is 0 Å². The summed E-state index contributed by atoms with van der Waals surface area (Å²) in [6.45, 7) is 2.50. The Hall–Kier alpha value is -0.483. The third-order valence-corrected chi connectivity index (χ3v) is 4.15. The van der Waals surface area contributed by atoms with Gasteiger partial charge in [-0.05, 0) is 6.42 Å². The van der Waals surface area contributed by atoms with Gasteiger partial charge in [0.2, 0.25) is 6.08 Å². The summed E-state index contributed by atoms with van der Waals surface area (Å²) in [5.74, 6) is 0. The topological polar surface area (TPSA) is 47.9 Å². The zero-order valence-corrected chi connectivity index (χ0v) is 8.90. The quantitative estimate of drug-likeness (QED) is 0.349. The summed E-state index contributed by atoms with van der Waals surface area (Å²) in [7, 11) is 1.65. The summed E-state index contributed by atoms with van der Waals surface area (Å²) >= 11 is 0. The lowest BCUT2D eigenvalue weighted by molar-refractivity contribution is 0.264. The highest BCUT2D eigenvalue weighted by Gasteiger charge is 2.21. The molecule has 0 radical (unpaired) electrons. The molecule has 4 nitrogen and oxygen atoms in total. The second-order valence-electron chi connectivity index (χ2n) is 2.44. The van der Waals surface area contributed by atoms with Gasteiger partial charge in [-0.2, -0.15) is 0 Å². The van der Waals surface area contributed by atoms with Crippen LogP contribution in [0.1, 0.15) is 13.3 Å². The minimum atomic E-state index is -1.61. The molecule has 0 aliphatic carbocycles. The van der Waals surface area contributed by atoms with Gasteiger partial charge in [0.05, 0.1) is 6.54 Å². The van der Waals surface area contributed by atoms with E-state index in [0.29, 0.717) is 6.54 Å². The van der Waals surface area contributed by atoms with Crippen LogP contribution >= 0.6 is 0 Å². The van der Waals surface area contributed by atoms with E-state index < -0.39 is 9.28 Å². The molecule has 70 valence electrons. The van der Waals surface area contributed by atoms with Crippen LogP contribution in [-0.4, -0.2) is 36.1 Å². The van der Waals surface area contributed by atoms with E-state index in [1.165, 1.54) is 6.08 Å². The third kappa shape index (κ3) is 3.78. The molecule has 0 aliphatic rings. The molecule has 12 heavy (non-hydrogen) atoms. The van der Waals surface area contributed by atoms with E-state index >= 15 is 0 Å². The molecule has 0 aromatic heterocycles. The van der Waals surface area contributed by atoms with Gasteiger partial charge in [0, 0.05) is 19.8 Å². The van der Waals surface area contributed by atoms with Crippen molar-refractivity contribution < 1.29 is 13.6 Å². The number of hydrogen-bond donors (Lipinski definition) is 0. The molecule has 1 atom stereocenters. The van der Waals surface area contributed by atoms with Gasteiger partial charge in [-0.1, -0.05) is 6.92 Å². The van der Waals surface area contributed by atoms with Gasteiger partial charge in [0.25, 0.3) is 0 Å². The van der Waals surface area contributed by atoms with E-state index in [4.69, 9.17) is 8.85 Å². The van der Waals surface area contributed by atoms with Gasteiger partial charge in [-0.3, -0.25) is 0 Å². The van der Waals surface area contributed by atoms with Crippen molar-refractivity contribution in [3.63, 3.8) is 0 Å². The molecule has 0 saturated carbocycles. The van der Waals surface area contributed by atoms with Crippen molar-refractivity contribution in [3.05, 3.63) is 0 Å². The first-order valence-electron chi connectivity index (χ1n) is 3.89. The minimum Gasteiger partial charge on any atom is -0.400 e. The maximum atomic E-state index is 9.87. The lowest BCUT2D eigenvalue weighted by Gasteiger charge is -2.18. The molecule has 0 spiro atoms. The zero-order chi connectivity index (χ0) is 9.40. The first-order chi connectivity index (χ1) is 5.79. The highest BCUT2D eigenvalue weighted by atomic mass is 28.3. The van der Waals surface area contributed by atoms with E-state index in [1.54, 1.807) is 14.2 Å². The van der Waals surface area contributed by atoms with Crippen LogP contribution in [0.4, 0.5) is 0 Å². The minimum absolute atomic E-state index is 0.265. The van der Waals surface area contributed by atoms with Crippen LogP contribution in [0.2, 0.25) is 5.54 Å². The molecule has 0 aromatic carbocycles. The smallest absolute Gasteiger partial charge is 0.326 e. The molecule has 0 saturated heterocycles. The standard InChI is InChI=1S/C7H15NO3Si/c1-4-7(5-8-6-9)12(10-2)11-3/h7,12H,4-5H2,1-3H3. The van der Waals surface area contributed by atoms with Gasteiger partial charge in [0.15, 0.2) is 0 Å². The maximum Gasteiger partial charge on any atom is 0.326 e. The average molecular weight is 189 g/mol. The van der Waals surface area contributed by atoms with Crippen molar-refractivity contribution in [2.45, 2.75) is 18.9 Å². The van der Waals surface area contributed by atoms with Gasteiger partial charge in [-0.15, -0.1) is 0 Å². The number of rotatable bonds is 6. The highest BCUT2D eigenvalue weighted by molar-refractivity contribution is 6.46. The molecular formula is C7H15NO3Si. The Morgan fingerprint density at radius 3 is 2.42 bits per heavy atom. The molecule has 0 bridgehead atoms. The van der Waals surface area contributed by atoms with Crippen molar-refractivity contribution in [3.8, 4) is 0 Å². The SMILES string of the molecule is CCC(CN=C=O)[SiH](OC)OC. The Morgan fingerprint density at radius 1 is 1.50 bits per heavy atom. The van der Waals surface area contributed by atoms with Crippen LogP contribution in [0.3, 0.4) is 0 Å². The number of carbonyl (C=O) groups excluding carboxylic acids is 1. The van der Waals surface area contributed by atoms with E-state index in [0.717, 1.165) is 6.42 Å². The molecular weight excluding hydrogens is 174 g/mol. The van der Waals surface area contributed by atoms with Crippen molar-refractivity contribution >= 4 is 15.4 Å². The fraction of sp³-hybridized carbons (Fsp3) is 0.857. The first kappa shape index (κ1) is 11.5. The van der Waals surface area contributed by atoms with Crippen molar-refractivity contribution in [2.24, 2.45) is 4.99 Å². The second kappa shape index (κ2) is 7.18. The average Bonchev–Trinajstić information content (AvgIpc) is 2.12. The van der Waals surface area contributed by atoms with Crippen molar-refractivity contribution in [1.82, 2.24) is 0 Å². The van der Waals surface area contributed by atoms with Gasteiger partial charge < -0.3 is 8.85 Å². The molecule has 0 rings (SSSR count). The van der Waals surface area contributed by atoms with Gasteiger partial charge in [-0.25, -0.2) is 9.79 Å². The van der Waals surface area contributed by atoms with Crippen LogP contribution < -0.4 is 0 Å². The van der Waals surface area contributed by atoms with Crippen LogP contribution in [0, 0.1) is 0 Å². The van der Waals surface area contributed by atoms with Crippen LogP contribution in [0.5, 0.6) is 0 Å². The van der Waals surface area contributed by atoms with Crippen LogP contribution in [0.15, 0.2) is 4.99 Å². The van der Waals surface area contributed by atoms with Gasteiger partial charge in [0.1, 0.15) is 0 Å². The number of isocyanates is 1. The number of nitrogens with zero attached hydrogens (tertiary/aromatic N) is 1. The summed E-state index contributed by atoms with van der Waals surface area (Å²) in [6, 6.07) is 0. The first-order valence-corrected chi connectivity index (χ1v) is 5.50. The molecule has 1 unspecified atom stereocenters. The largest absolute Gasteiger partial charge is 0.400 e. The fourth-order valence-corrected chi connectivity index (χ4v) is 2.67. The summed E-state index contributed by atoms with van der Waals surface area (Å²) in [5.41, 5.74) is 0.265. The summed E-state index contributed by atoms with van der Waals surface area (Å²) in [6.07, 6.45) is 2.44. The summed E-state index contributed by atoms with van der Waals surface area (Å²) in [5, 5.41) is 0. The third-order valence-electron chi connectivity index (χ3n) is 1.76. The molecule has 5 heteroatoms. The molecule has 0 amide bonds. The van der Waals surface area contributed by atoms with Crippen LogP contribution in [-0.2, 0) is 13.6 Å². The normalized spacial score (nSPS) is 12.7. The molecule has 0 aliphatic heterocycles. The Bertz CT molecular complexity index is 155. The Morgan fingerprint density at radius 2 is 2.08 bits per heavy atom. The Labute approximate surface area is 74.4 Å². The lowest BCUT2D eigenvalue weighted by Crippen LogP contribution is -2.27. The Kier molecular flexibility index (Phi) is 6.89. The fourth-order valence-electron chi connectivity index (χ4n) is 1.04. The maximum absolute atomic E-state index is 9.87. The van der Waals surface area contributed by atoms with E-state index in [-0.39, 0.29) is 5.54 Å². The molecule has 0 N–H and O–H groups in total. The predicted octanol–water partition coefficient (Wildman–Crippen LogP) is 0.616. The summed E-state index contributed by atoms with van der Waals surface area (Å²) < 4.78 is 10.4. The van der Waals surface area contributed by atoms with Crippen molar-refractivity contribution in [1.29, 1.82) is 0 Å². The lowest BCUT2D eigenvalue weighted by atomic mass is 10.3. The molecule has 0 fully saturated rings. The predicted molar refractivity (Wildman–Crippen MR) is 48.2 cm³/mol. The number of hydrogen-bond acceptors (Lipinski definition) is 4. The van der Waals surface area contributed by atoms with Gasteiger partial charge >= 0.3 is 9.28 Å². The highest BCUT2D eigenvalue weighted by Crippen LogP contribution is 2.15. The molecule has 0 heterocycles. The van der Waals surface area contributed by atoms with E-state index in [1.807, 2.05) is 6.92 Å². The zero-order valence-electron chi connectivity index (χ0n) is 7.74. The summed E-state index contributed by atoms with van der Waals surface area (Å²) in [4.78, 5) is 13.4. The van der Waals surface area contributed by atoms with Crippen molar-refractivity contribution in [2.75, 3.05) is 20.8 Å². The monoisotopic (exact) mass is 189 g/mol. The molecule has 0 aromatic rings. The Balaban J connectivity index is 4.00. The van der Waals surface area contributed by atoms with E-state index in [9.17, 15) is 4.79 Å². The van der Waals surface area contributed by atoms with E-state index in [2.05, 4.69) is 4.99 Å². The second-order valence-corrected chi connectivity index (χ2v) is 5.06. The number of aliphatic imine (C=N–C) groups is 1.